The van der Waals surface area contributed by atoms with Crippen molar-refractivity contribution in [3.63, 3.8) is 0 Å². The Balaban J connectivity index is 1.92. The van der Waals surface area contributed by atoms with Crippen LogP contribution in [0.2, 0.25) is 5.02 Å². The largest absolute Gasteiger partial charge is 0.377 e. The van der Waals surface area contributed by atoms with E-state index >= 15 is 0 Å². The minimum atomic E-state index is -0.475. The Kier molecular flexibility index (Phi) is 7.71. The lowest BCUT2D eigenvalue weighted by Crippen LogP contribution is -2.37. The van der Waals surface area contributed by atoms with Gasteiger partial charge in [0, 0.05) is 43.6 Å². The fourth-order valence-electron chi connectivity index (χ4n) is 3.52. The zero-order valence-corrected chi connectivity index (χ0v) is 19.9. The third-order valence-electron chi connectivity index (χ3n) is 5.24. The van der Waals surface area contributed by atoms with Crippen molar-refractivity contribution < 1.29 is 14.0 Å². The van der Waals surface area contributed by atoms with Crippen LogP contribution in [-0.2, 0) is 6.54 Å². The van der Waals surface area contributed by atoms with Gasteiger partial charge in [0.2, 0.25) is 0 Å². The van der Waals surface area contributed by atoms with Crippen molar-refractivity contribution in [2.24, 2.45) is 0 Å². The molecule has 0 saturated carbocycles. The van der Waals surface area contributed by atoms with E-state index in [1.165, 1.54) is 18.2 Å². The smallest absolute Gasteiger partial charge is 0.255 e. The molecule has 0 bridgehead atoms. The van der Waals surface area contributed by atoms with E-state index in [-0.39, 0.29) is 17.5 Å². The topological polar surface area (TPSA) is 52.7 Å². The summed E-state index contributed by atoms with van der Waals surface area (Å²) in [5.74, 6) is -1.06. The second-order valence-corrected chi connectivity index (χ2v) is 8.62. The minimum Gasteiger partial charge on any atom is -0.377 e. The second kappa shape index (κ2) is 10.5. The number of anilines is 2. The molecule has 7 heteroatoms. The Morgan fingerprint density at radius 2 is 1.73 bits per heavy atom. The van der Waals surface area contributed by atoms with Gasteiger partial charge >= 0.3 is 0 Å². The number of rotatable bonds is 7. The highest BCUT2D eigenvalue weighted by Crippen LogP contribution is 2.27. The zero-order chi connectivity index (χ0) is 24.1. The van der Waals surface area contributed by atoms with Crippen molar-refractivity contribution in [2.75, 3.05) is 24.3 Å². The van der Waals surface area contributed by atoms with Gasteiger partial charge in [0.15, 0.2) is 0 Å². The number of hydrogen-bond acceptors (Lipinski definition) is 3. The monoisotopic (exact) mass is 467 g/mol. The first-order valence-electron chi connectivity index (χ1n) is 10.6. The molecular formula is C26H27ClFN3O2. The molecule has 0 atom stereocenters. The number of carbonyl (C=O) groups excluding carboxylic acids is 2. The predicted molar refractivity (Wildman–Crippen MR) is 132 cm³/mol. The molecule has 3 aromatic carbocycles. The maximum Gasteiger partial charge on any atom is 0.255 e. The van der Waals surface area contributed by atoms with Crippen molar-refractivity contribution in [3.05, 3.63) is 94.3 Å². The molecule has 0 aliphatic heterocycles. The number of benzene rings is 3. The highest BCUT2D eigenvalue weighted by atomic mass is 35.5. The summed E-state index contributed by atoms with van der Waals surface area (Å²) in [4.78, 5) is 29.6. The van der Waals surface area contributed by atoms with Crippen LogP contribution in [0.1, 0.15) is 40.1 Å². The van der Waals surface area contributed by atoms with Crippen LogP contribution in [0.25, 0.3) is 0 Å². The molecule has 33 heavy (non-hydrogen) atoms. The Morgan fingerprint density at radius 3 is 2.36 bits per heavy atom. The first-order chi connectivity index (χ1) is 15.7. The van der Waals surface area contributed by atoms with E-state index in [0.717, 1.165) is 11.3 Å². The van der Waals surface area contributed by atoms with Crippen LogP contribution in [0.5, 0.6) is 0 Å². The number of nitrogens with one attached hydrogen (secondary N) is 1. The average Bonchev–Trinajstić information content (AvgIpc) is 2.77. The van der Waals surface area contributed by atoms with Crippen LogP contribution in [0.15, 0.2) is 66.7 Å². The molecule has 172 valence electrons. The lowest BCUT2D eigenvalue weighted by atomic mass is 10.1. The molecule has 0 heterocycles. The Bertz CT molecular complexity index is 1160. The number of nitrogens with zero attached hydrogens (tertiary/aromatic N) is 2. The van der Waals surface area contributed by atoms with Gasteiger partial charge in [-0.3, -0.25) is 9.59 Å². The second-order valence-electron chi connectivity index (χ2n) is 8.21. The standard InChI is InChI=1S/C26H27ClFN3O2/c1-17(2)31(26(33)22-10-5-6-11-23(22)27)16-19-15-21(12-13-24(19)30(3)4)29-25(32)18-8-7-9-20(28)14-18/h5-15,17H,16H2,1-4H3,(H,29,32). The van der Waals surface area contributed by atoms with E-state index in [1.54, 1.807) is 41.3 Å². The average molecular weight is 468 g/mol. The summed E-state index contributed by atoms with van der Waals surface area (Å²) in [6.07, 6.45) is 0. The molecule has 0 aromatic heterocycles. The minimum absolute atomic E-state index is 0.0886. The van der Waals surface area contributed by atoms with Gasteiger partial charge in [-0.05, 0) is 67.9 Å². The van der Waals surface area contributed by atoms with E-state index in [9.17, 15) is 14.0 Å². The van der Waals surface area contributed by atoms with Crippen LogP contribution in [-0.4, -0.2) is 36.9 Å². The Hall–Kier alpha value is -3.38. The van der Waals surface area contributed by atoms with Gasteiger partial charge in [0.1, 0.15) is 5.82 Å². The van der Waals surface area contributed by atoms with Gasteiger partial charge in [0.05, 0.1) is 10.6 Å². The van der Waals surface area contributed by atoms with Crippen molar-refractivity contribution in [1.29, 1.82) is 0 Å². The summed E-state index contributed by atoms with van der Waals surface area (Å²) >= 11 is 6.27. The molecule has 0 aliphatic carbocycles. The number of hydrogen-bond donors (Lipinski definition) is 1. The van der Waals surface area contributed by atoms with Crippen molar-refractivity contribution in [2.45, 2.75) is 26.4 Å². The maximum atomic E-state index is 13.5. The van der Waals surface area contributed by atoms with E-state index in [4.69, 9.17) is 11.6 Å². The van der Waals surface area contributed by atoms with Gasteiger partial charge in [-0.1, -0.05) is 29.8 Å². The van der Waals surface area contributed by atoms with Crippen molar-refractivity contribution >= 4 is 34.8 Å². The van der Waals surface area contributed by atoms with Crippen molar-refractivity contribution in [3.8, 4) is 0 Å². The summed E-state index contributed by atoms with van der Waals surface area (Å²) < 4.78 is 13.5. The molecule has 3 aromatic rings. The molecular weight excluding hydrogens is 441 g/mol. The fraction of sp³-hybridized carbons (Fsp3) is 0.231. The van der Waals surface area contributed by atoms with Crippen LogP contribution >= 0.6 is 11.6 Å². The van der Waals surface area contributed by atoms with Gasteiger partial charge in [-0.2, -0.15) is 0 Å². The van der Waals surface area contributed by atoms with Gasteiger partial charge < -0.3 is 15.1 Å². The lowest BCUT2D eigenvalue weighted by Gasteiger charge is -2.29. The SMILES string of the molecule is CC(C)N(Cc1cc(NC(=O)c2cccc(F)c2)ccc1N(C)C)C(=O)c1ccccc1Cl. The normalized spacial score (nSPS) is 10.8. The van der Waals surface area contributed by atoms with Crippen LogP contribution in [0, 0.1) is 5.82 Å². The first kappa shape index (κ1) is 24.3. The van der Waals surface area contributed by atoms with E-state index in [0.29, 0.717) is 22.8 Å². The molecule has 0 aliphatic rings. The van der Waals surface area contributed by atoms with E-state index < -0.39 is 11.7 Å². The molecule has 5 nitrogen and oxygen atoms in total. The quantitative estimate of drug-likeness (QED) is 0.474. The molecule has 0 radical (unpaired) electrons. The van der Waals surface area contributed by atoms with Gasteiger partial charge in [-0.25, -0.2) is 4.39 Å². The summed E-state index contributed by atoms with van der Waals surface area (Å²) in [6.45, 7) is 4.21. The highest BCUT2D eigenvalue weighted by molar-refractivity contribution is 6.33. The Labute approximate surface area is 198 Å². The van der Waals surface area contributed by atoms with E-state index in [2.05, 4.69) is 5.32 Å². The highest BCUT2D eigenvalue weighted by Gasteiger charge is 2.23. The van der Waals surface area contributed by atoms with Crippen molar-refractivity contribution in [1.82, 2.24) is 4.90 Å². The van der Waals surface area contributed by atoms with Crippen LogP contribution < -0.4 is 10.2 Å². The third-order valence-corrected chi connectivity index (χ3v) is 5.56. The summed E-state index contributed by atoms with van der Waals surface area (Å²) in [6, 6.07) is 17.9. The van der Waals surface area contributed by atoms with Gasteiger partial charge in [0.25, 0.3) is 11.8 Å². The summed E-state index contributed by atoms with van der Waals surface area (Å²) in [7, 11) is 3.83. The van der Waals surface area contributed by atoms with Gasteiger partial charge in [-0.15, -0.1) is 0 Å². The molecule has 0 fully saturated rings. The summed E-state index contributed by atoms with van der Waals surface area (Å²) in [5, 5.41) is 3.22. The number of halogens is 2. The molecule has 1 N–H and O–H groups in total. The molecule has 0 saturated heterocycles. The fourth-order valence-corrected chi connectivity index (χ4v) is 3.74. The number of amides is 2. The number of carbonyl (C=O) groups is 2. The summed E-state index contributed by atoms with van der Waals surface area (Å²) in [5.41, 5.74) is 2.99. The predicted octanol–water partition coefficient (Wildman–Crippen LogP) is 5.85. The van der Waals surface area contributed by atoms with E-state index in [1.807, 2.05) is 45.0 Å². The molecule has 3 rings (SSSR count). The Morgan fingerprint density at radius 1 is 1.00 bits per heavy atom. The van der Waals surface area contributed by atoms with Crippen LogP contribution in [0.3, 0.4) is 0 Å². The third kappa shape index (κ3) is 5.90. The molecule has 2 amide bonds. The van der Waals surface area contributed by atoms with Crippen LogP contribution in [0.4, 0.5) is 15.8 Å². The molecule has 0 spiro atoms. The zero-order valence-electron chi connectivity index (χ0n) is 19.1. The maximum absolute atomic E-state index is 13.5. The molecule has 0 unspecified atom stereocenters. The lowest BCUT2D eigenvalue weighted by molar-refractivity contribution is 0.0690. The first-order valence-corrected chi connectivity index (χ1v) is 11.0.